The molecule has 0 saturated carbocycles. The third kappa shape index (κ3) is 3.64. The van der Waals surface area contributed by atoms with Crippen LogP contribution in [-0.2, 0) is 14.3 Å². The molecule has 110 valence electrons. The van der Waals surface area contributed by atoms with Crippen LogP contribution in [0.4, 0.5) is 0 Å². The van der Waals surface area contributed by atoms with Crippen molar-refractivity contribution in [2.24, 2.45) is 0 Å². The largest absolute Gasteiger partial charge is 0.468 e. The Hall–Kier alpha value is -0.810. The molecule has 0 aromatic heterocycles. The maximum atomic E-state index is 12.0. The molecule has 0 bridgehead atoms. The van der Waals surface area contributed by atoms with Gasteiger partial charge in [0.1, 0.15) is 6.04 Å². The van der Waals surface area contributed by atoms with Crippen molar-refractivity contribution in [3.63, 3.8) is 0 Å². The third-order valence-electron chi connectivity index (χ3n) is 3.30. The number of hydrogen-bond donors (Lipinski definition) is 1. The van der Waals surface area contributed by atoms with E-state index in [1.807, 2.05) is 0 Å². The van der Waals surface area contributed by atoms with Crippen LogP contribution in [0.25, 0.3) is 0 Å². The molecule has 0 amide bonds. The van der Waals surface area contributed by atoms with Crippen molar-refractivity contribution in [2.75, 3.05) is 20.3 Å². The molecule has 2 unspecified atom stereocenters. The molecule has 20 heavy (non-hydrogen) atoms. The Kier molecular flexibility index (Phi) is 5.66. The molecule has 2 atom stereocenters. The van der Waals surface area contributed by atoms with Crippen LogP contribution in [-0.4, -0.2) is 32.3 Å². The molecule has 1 aromatic rings. The van der Waals surface area contributed by atoms with Gasteiger partial charge in [-0.15, -0.1) is 0 Å². The normalized spacial score (nSPS) is 19.9. The van der Waals surface area contributed by atoms with E-state index in [0.717, 1.165) is 19.4 Å². The minimum Gasteiger partial charge on any atom is -0.468 e. The zero-order valence-electron chi connectivity index (χ0n) is 11.2. The molecule has 1 heterocycles. The summed E-state index contributed by atoms with van der Waals surface area (Å²) in [6.45, 7) is 1.32. The molecule has 1 N–H and O–H groups in total. The van der Waals surface area contributed by atoms with E-state index in [1.165, 1.54) is 7.11 Å². The Morgan fingerprint density at radius 2 is 2.20 bits per heavy atom. The van der Waals surface area contributed by atoms with Gasteiger partial charge in [0.2, 0.25) is 0 Å². The maximum absolute atomic E-state index is 12.0. The Labute approximate surface area is 128 Å². The summed E-state index contributed by atoms with van der Waals surface area (Å²) in [5.41, 5.74) is 0.542. The average Bonchev–Trinajstić information content (AvgIpc) is 2.94. The average molecular weight is 318 g/mol. The minimum absolute atomic E-state index is 0.114. The van der Waals surface area contributed by atoms with E-state index in [0.29, 0.717) is 22.2 Å². The van der Waals surface area contributed by atoms with Crippen LogP contribution >= 0.6 is 23.2 Å². The van der Waals surface area contributed by atoms with Crippen LogP contribution in [0, 0.1) is 0 Å². The van der Waals surface area contributed by atoms with Crippen molar-refractivity contribution in [2.45, 2.75) is 25.0 Å². The first-order valence-corrected chi connectivity index (χ1v) is 7.25. The molecule has 0 radical (unpaired) electrons. The number of esters is 1. The van der Waals surface area contributed by atoms with E-state index in [-0.39, 0.29) is 6.10 Å². The van der Waals surface area contributed by atoms with Crippen molar-refractivity contribution in [3.05, 3.63) is 33.8 Å². The smallest absolute Gasteiger partial charge is 0.327 e. The van der Waals surface area contributed by atoms with Crippen molar-refractivity contribution < 1.29 is 14.3 Å². The highest BCUT2D eigenvalue weighted by Crippen LogP contribution is 2.31. The number of hydrogen-bond acceptors (Lipinski definition) is 4. The lowest BCUT2D eigenvalue weighted by Crippen LogP contribution is -2.35. The summed E-state index contributed by atoms with van der Waals surface area (Å²) in [7, 11) is 1.34. The van der Waals surface area contributed by atoms with Gasteiger partial charge in [-0.1, -0.05) is 29.3 Å². The monoisotopic (exact) mass is 317 g/mol. The van der Waals surface area contributed by atoms with Crippen molar-refractivity contribution in [1.29, 1.82) is 0 Å². The SMILES string of the molecule is COC(=O)C(NCC1CCCO1)c1c(Cl)cccc1Cl. The van der Waals surface area contributed by atoms with E-state index in [1.54, 1.807) is 18.2 Å². The molecule has 1 aliphatic rings. The molecular weight excluding hydrogens is 301 g/mol. The second-order valence-corrected chi connectivity index (χ2v) is 5.45. The highest BCUT2D eigenvalue weighted by Gasteiger charge is 2.27. The van der Waals surface area contributed by atoms with Crippen LogP contribution in [0.15, 0.2) is 18.2 Å². The van der Waals surface area contributed by atoms with Crippen molar-refractivity contribution in [3.8, 4) is 0 Å². The molecule has 4 nitrogen and oxygen atoms in total. The molecule has 1 fully saturated rings. The van der Waals surface area contributed by atoms with Gasteiger partial charge in [-0.05, 0) is 25.0 Å². The summed E-state index contributed by atoms with van der Waals surface area (Å²) in [6, 6.07) is 4.45. The van der Waals surface area contributed by atoms with Gasteiger partial charge in [0.25, 0.3) is 0 Å². The predicted octanol–water partition coefficient (Wildman–Crippen LogP) is 2.98. The molecule has 2 rings (SSSR count). The molecule has 0 spiro atoms. The zero-order chi connectivity index (χ0) is 14.5. The number of carbonyl (C=O) groups excluding carboxylic acids is 1. The topological polar surface area (TPSA) is 47.6 Å². The quantitative estimate of drug-likeness (QED) is 0.848. The van der Waals surface area contributed by atoms with Crippen LogP contribution in [0.3, 0.4) is 0 Å². The van der Waals surface area contributed by atoms with Gasteiger partial charge in [0.05, 0.1) is 13.2 Å². The second-order valence-electron chi connectivity index (χ2n) is 4.63. The van der Waals surface area contributed by atoms with Crippen LogP contribution in [0.2, 0.25) is 10.0 Å². The molecule has 6 heteroatoms. The van der Waals surface area contributed by atoms with Gasteiger partial charge >= 0.3 is 5.97 Å². The van der Waals surface area contributed by atoms with Gasteiger partial charge < -0.3 is 9.47 Å². The Balaban J connectivity index is 2.16. The lowest BCUT2D eigenvalue weighted by Gasteiger charge is -2.21. The van der Waals surface area contributed by atoms with E-state index in [4.69, 9.17) is 32.7 Å². The van der Waals surface area contributed by atoms with Gasteiger partial charge in [-0.3, -0.25) is 5.32 Å². The van der Waals surface area contributed by atoms with Gasteiger partial charge in [0.15, 0.2) is 0 Å². The summed E-state index contributed by atoms with van der Waals surface area (Å²) in [5, 5.41) is 4.02. The number of benzene rings is 1. The Bertz CT molecular complexity index is 455. The first kappa shape index (κ1) is 15.6. The number of methoxy groups -OCH3 is 1. The summed E-state index contributed by atoms with van der Waals surface area (Å²) in [4.78, 5) is 12.0. The number of ether oxygens (including phenoxy) is 2. The van der Waals surface area contributed by atoms with E-state index >= 15 is 0 Å². The lowest BCUT2D eigenvalue weighted by atomic mass is 10.1. The second kappa shape index (κ2) is 7.27. The molecular formula is C14H17Cl2NO3. The summed E-state index contributed by atoms with van der Waals surface area (Å²) < 4.78 is 10.4. The lowest BCUT2D eigenvalue weighted by molar-refractivity contribution is -0.143. The van der Waals surface area contributed by atoms with Gasteiger partial charge in [0, 0.05) is 28.8 Å². The highest BCUT2D eigenvalue weighted by atomic mass is 35.5. The zero-order valence-corrected chi connectivity index (χ0v) is 12.7. The third-order valence-corrected chi connectivity index (χ3v) is 3.96. The maximum Gasteiger partial charge on any atom is 0.327 e. The van der Waals surface area contributed by atoms with E-state index < -0.39 is 12.0 Å². The molecule has 1 saturated heterocycles. The molecule has 1 aliphatic heterocycles. The van der Waals surface area contributed by atoms with Crippen LogP contribution < -0.4 is 5.32 Å². The van der Waals surface area contributed by atoms with Crippen LogP contribution in [0.5, 0.6) is 0 Å². The summed E-state index contributed by atoms with van der Waals surface area (Å²) in [5.74, 6) is -0.419. The van der Waals surface area contributed by atoms with Crippen molar-refractivity contribution in [1.82, 2.24) is 5.32 Å². The number of nitrogens with one attached hydrogen (secondary N) is 1. The first-order valence-electron chi connectivity index (χ1n) is 6.50. The minimum atomic E-state index is -0.689. The summed E-state index contributed by atoms with van der Waals surface area (Å²) in [6.07, 6.45) is 2.14. The fourth-order valence-electron chi connectivity index (χ4n) is 2.26. The number of carbonyl (C=O) groups is 1. The Morgan fingerprint density at radius 1 is 1.50 bits per heavy atom. The van der Waals surface area contributed by atoms with Gasteiger partial charge in [-0.2, -0.15) is 0 Å². The van der Waals surface area contributed by atoms with Crippen LogP contribution in [0.1, 0.15) is 24.4 Å². The van der Waals surface area contributed by atoms with E-state index in [9.17, 15) is 4.79 Å². The molecule has 1 aromatic carbocycles. The standard InChI is InChI=1S/C14H17Cl2NO3/c1-19-14(18)13(17-8-9-4-3-7-20-9)12-10(15)5-2-6-11(12)16/h2,5-6,9,13,17H,3-4,7-8H2,1H3. The first-order chi connectivity index (χ1) is 9.63. The Morgan fingerprint density at radius 3 is 2.75 bits per heavy atom. The summed E-state index contributed by atoms with van der Waals surface area (Å²) >= 11 is 12.3. The number of halogens is 2. The highest BCUT2D eigenvalue weighted by molar-refractivity contribution is 6.36. The van der Waals surface area contributed by atoms with E-state index in [2.05, 4.69) is 5.32 Å². The fourth-order valence-corrected chi connectivity index (χ4v) is 2.88. The fraction of sp³-hybridized carbons (Fsp3) is 0.500. The predicted molar refractivity (Wildman–Crippen MR) is 78.2 cm³/mol. The number of rotatable bonds is 5. The van der Waals surface area contributed by atoms with Crippen molar-refractivity contribution >= 4 is 29.2 Å². The molecule has 0 aliphatic carbocycles. The van der Waals surface area contributed by atoms with Gasteiger partial charge in [-0.25, -0.2) is 4.79 Å².